The molecule has 4 nitrogen and oxygen atoms in total. The number of rotatable bonds is 5. The van der Waals surface area contributed by atoms with Crippen LogP contribution in [0, 0.1) is 11.7 Å². The van der Waals surface area contributed by atoms with E-state index in [1.54, 1.807) is 12.1 Å². The molecule has 4 rings (SSSR count). The SMILES string of the molecule is O=C(NC1CC(Oc2ccc(F)cc2)C1)[C@H]1CNCC1c1ccccc1. The molecule has 26 heavy (non-hydrogen) atoms. The number of carbonyl (C=O) groups is 1. The van der Waals surface area contributed by atoms with Crippen molar-refractivity contribution in [2.75, 3.05) is 13.1 Å². The predicted octanol–water partition coefficient (Wildman–Crippen LogP) is 2.85. The van der Waals surface area contributed by atoms with Crippen LogP contribution >= 0.6 is 0 Å². The maximum Gasteiger partial charge on any atom is 0.225 e. The summed E-state index contributed by atoms with van der Waals surface area (Å²) in [6.45, 7) is 1.55. The van der Waals surface area contributed by atoms with E-state index in [0.29, 0.717) is 12.3 Å². The van der Waals surface area contributed by atoms with Gasteiger partial charge in [-0.15, -0.1) is 0 Å². The summed E-state index contributed by atoms with van der Waals surface area (Å²) in [7, 11) is 0. The van der Waals surface area contributed by atoms with Crippen molar-refractivity contribution in [3.05, 3.63) is 66.0 Å². The highest BCUT2D eigenvalue weighted by Crippen LogP contribution is 2.30. The van der Waals surface area contributed by atoms with Gasteiger partial charge in [-0.25, -0.2) is 4.39 Å². The van der Waals surface area contributed by atoms with E-state index >= 15 is 0 Å². The fraction of sp³-hybridized carbons (Fsp3) is 0.381. The van der Waals surface area contributed by atoms with Crippen molar-refractivity contribution in [2.24, 2.45) is 5.92 Å². The number of ether oxygens (including phenoxy) is 1. The second kappa shape index (κ2) is 7.46. The summed E-state index contributed by atoms with van der Waals surface area (Å²) < 4.78 is 18.7. The number of halogens is 1. The highest BCUT2D eigenvalue weighted by Gasteiger charge is 2.38. The summed E-state index contributed by atoms with van der Waals surface area (Å²) >= 11 is 0. The molecule has 0 aromatic heterocycles. The molecule has 1 heterocycles. The first kappa shape index (κ1) is 17.0. The standard InChI is InChI=1S/C21H23FN2O2/c22-15-6-8-17(9-7-15)26-18-10-16(11-18)24-21(25)20-13-23-12-19(20)14-4-2-1-3-5-14/h1-9,16,18-20,23H,10-13H2,(H,24,25)/t16?,18?,19?,20-/m0/s1. The van der Waals surface area contributed by atoms with Crippen molar-refractivity contribution in [3.63, 3.8) is 0 Å². The van der Waals surface area contributed by atoms with Crippen LogP contribution in [-0.4, -0.2) is 31.1 Å². The summed E-state index contributed by atoms with van der Waals surface area (Å²) in [6, 6.07) is 16.4. The molecule has 2 fully saturated rings. The smallest absolute Gasteiger partial charge is 0.225 e. The third-order valence-corrected chi connectivity index (χ3v) is 5.34. The van der Waals surface area contributed by atoms with Crippen molar-refractivity contribution < 1.29 is 13.9 Å². The average Bonchev–Trinajstić information content (AvgIpc) is 3.12. The maximum absolute atomic E-state index is 12.9. The molecule has 1 amide bonds. The van der Waals surface area contributed by atoms with Gasteiger partial charge in [0.1, 0.15) is 17.7 Å². The fourth-order valence-corrected chi connectivity index (χ4v) is 3.80. The van der Waals surface area contributed by atoms with Gasteiger partial charge in [-0.05, 0) is 29.8 Å². The zero-order chi connectivity index (χ0) is 17.9. The van der Waals surface area contributed by atoms with Gasteiger partial charge in [-0.1, -0.05) is 30.3 Å². The van der Waals surface area contributed by atoms with Crippen molar-refractivity contribution >= 4 is 5.91 Å². The third-order valence-electron chi connectivity index (χ3n) is 5.34. The molecule has 1 aliphatic carbocycles. The number of benzene rings is 2. The Kier molecular flexibility index (Phi) is 4.89. The summed E-state index contributed by atoms with van der Waals surface area (Å²) in [4.78, 5) is 12.7. The van der Waals surface area contributed by atoms with Crippen molar-refractivity contribution in [3.8, 4) is 5.75 Å². The molecule has 2 aromatic carbocycles. The van der Waals surface area contributed by atoms with E-state index < -0.39 is 0 Å². The van der Waals surface area contributed by atoms with Crippen LogP contribution in [0.3, 0.4) is 0 Å². The molecule has 0 bridgehead atoms. The van der Waals surface area contributed by atoms with Gasteiger partial charge in [0.2, 0.25) is 5.91 Å². The van der Waals surface area contributed by atoms with E-state index in [2.05, 4.69) is 22.8 Å². The normalized spacial score (nSPS) is 27.6. The Hall–Kier alpha value is -2.40. The molecule has 2 aromatic rings. The van der Waals surface area contributed by atoms with Gasteiger partial charge in [-0.3, -0.25) is 4.79 Å². The quantitative estimate of drug-likeness (QED) is 0.868. The van der Waals surface area contributed by atoms with Crippen LogP contribution in [0.15, 0.2) is 54.6 Å². The first-order valence-electron chi connectivity index (χ1n) is 9.17. The number of carbonyl (C=O) groups excluding carboxylic acids is 1. The van der Waals surface area contributed by atoms with E-state index in [1.165, 1.54) is 17.7 Å². The van der Waals surface area contributed by atoms with Gasteiger partial charge >= 0.3 is 0 Å². The lowest BCUT2D eigenvalue weighted by Crippen LogP contribution is -2.51. The van der Waals surface area contributed by atoms with Crippen LogP contribution in [0.2, 0.25) is 0 Å². The Labute approximate surface area is 152 Å². The lowest BCUT2D eigenvalue weighted by Gasteiger charge is -2.36. The molecule has 5 heteroatoms. The third kappa shape index (κ3) is 3.73. The van der Waals surface area contributed by atoms with E-state index in [-0.39, 0.29) is 35.7 Å². The molecule has 0 spiro atoms. The maximum atomic E-state index is 12.9. The van der Waals surface area contributed by atoms with Crippen molar-refractivity contribution in [1.82, 2.24) is 10.6 Å². The molecule has 1 aliphatic heterocycles. The Morgan fingerprint density at radius 2 is 1.77 bits per heavy atom. The lowest BCUT2D eigenvalue weighted by atomic mass is 9.85. The minimum absolute atomic E-state index is 0.0329. The number of amides is 1. The molecule has 2 atom stereocenters. The Morgan fingerprint density at radius 1 is 1.04 bits per heavy atom. The van der Waals surface area contributed by atoms with Crippen LogP contribution in [0.1, 0.15) is 24.3 Å². The molecular weight excluding hydrogens is 331 g/mol. The summed E-state index contributed by atoms with van der Waals surface area (Å²) in [5, 5.41) is 6.50. The predicted molar refractivity (Wildman–Crippen MR) is 97.5 cm³/mol. The van der Waals surface area contributed by atoms with Crippen LogP contribution in [0.4, 0.5) is 4.39 Å². The summed E-state index contributed by atoms with van der Waals surface area (Å²) in [6.07, 6.45) is 1.66. The fourth-order valence-electron chi connectivity index (χ4n) is 3.80. The van der Waals surface area contributed by atoms with E-state index in [0.717, 1.165) is 19.4 Å². The first-order chi connectivity index (χ1) is 12.7. The van der Waals surface area contributed by atoms with Crippen LogP contribution in [0.5, 0.6) is 5.75 Å². The highest BCUT2D eigenvalue weighted by molar-refractivity contribution is 5.81. The van der Waals surface area contributed by atoms with Crippen LogP contribution in [0.25, 0.3) is 0 Å². The Balaban J connectivity index is 1.27. The van der Waals surface area contributed by atoms with Gasteiger partial charge in [0.15, 0.2) is 0 Å². The van der Waals surface area contributed by atoms with Crippen LogP contribution < -0.4 is 15.4 Å². The Bertz CT molecular complexity index is 744. The van der Waals surface area contributed by atoms with Crippen molar-refractivity contribution in [2.45, 2.75) is 30.9 Å². The molecule has 2 N–H and O–H groups in total. The van der Waals surface area contributed by atoms with Gasteiger partial charge < -0.3 is 15.4 Å². The average molecular weight is 354 g/mol. The summed E-state index contributed by atoms with van der Waals surface area (Å²) in [5.41, 5.74) is 1.21. The van der Waals surface area contributed by atoms with Gasteiger partial charge in [-0.2, -0.15) is 0 Å². The molecular formula is C21H23FN2O2. The molecule has 1 unspecified atom stereocenters. The first-order valence-corrected chi connectivity index (χ1v) is 9.17. The lowest BCUT2D eigenvalue weighted by molar-refractivity contribution is -0.126. The second-order valence-electron chi connectivity index (χ2n) is 7.15. The van der Waals surface area contributed by atoms with Gasteiger partial charge in [0.25, 0.3) is 0 Å². The molecule has 1 saturated heterocycles. The molecule has 136 valence electrons. The minimum atomic E-state index is -0.269. The monoisotopic (exact) mass is 354 g/mol. The number of nitrogens with one attached hydrogen (secondary N) is 2. The topological polar surface area (TPSA) is 50.4 Å². The Morgan fingerprint density at radius 3 is 2.50 bits per heavy atom. The number of hydrogen-bond donors (Lipinski definition) is 2. The molecule has 1 saturated carbocycles. The van der Waals surface area contributed by atoms with E-state index in [4.69, 9.17) is 4.74 Å². The second-order valence-corrected chi connectivity index (χ2v) is 7.15. The largest absolute Gasteiger partial charge is 0.490 e. The van der Waals surface area contributed by atoms with Gasteiger partial charge in [0.05, 0.1) is 5.92 Å². The minimum Gasteiger partial charge on any atom is -0.490 e. The van der Waals surface area contributed by atoms with Gasteiger partial charge in [0, 0.05) is 37.9 Å². The molecule has 2 aliphatic rings. The number of hydrogen-bond acceptors (Lipinski definition) is 3. The van der Waals surface area contributed by atoms with E-state index in [9.17, 15) is 9.18 Å². The van der Waals surface area contributed by atoms with Crippen molar-refractivity contribution in [1.29, 1.82) is 0 Å². The highest BCUT2D eigenvalue weighted by atomic mass is 19.1. The summed E-state index contributed by atoms with van der Waals surface area (Å²) in [5.74, 6) is 0.714. The zero-order valence-corrected chi connectivity index (χ0v) is 14.5. The zero-order valence-electron chi connectivity index (χ0n) is 14.5. The molecule has 0 radical (unpaired) electrons. The van der Waals surface area contributed by atoms with E-state index in [1.807, 2.05) is 18.2 Å². The van der Waals surface area contributed by atoms with Crippen LogP contribution in [-0.2, 0) is 4.79 Å².